The number of aromatic hydroxyl groups is 1. The Labute approximate surface area is 88.1 Å². The number of rotatable bonds is 1. The minimum absolute atomic E-state index is 0.202. The molecule has 0 unspecified atom stereocenters. The number of fused-ring (bicyclic) bond motifs is 1. The lowest BCUT2D eigenvalue weighted by atomic mass is 10.1. The van der Waals surface area contributed by atoms with Gasteiger partial charge in [0.2, 0.25) is 0 Å². The summed E-state index contributed by atoms with van der Waals surface area (Å²) in [6.07, 6.45) is 0. The molecule has 1 aromatic carbocycles. The summed E-state index contributed by atoms with van der Waals surface area (Å²) >= 11 is 4.93. The maximum atomic E-state index is 9.72. The van der Waals surface area contributed by atoms with Crippen molar-refractivity contribution in [1.82, 2.24) is 0 Å². The second-order valence-corrected chi connectivity index (χ2v) is 4.27. The molecule has 1 heterocycles. The molecule has 2 aromatic rings. The Morgan fingerprint density at radius 1 is 1.54 bits per heavy atom. The van der Waals surface area contributed by atoms with Gasteiger partial charge in [-0.2, -0.15) is 0 Å². The van der Waals surface area contributed by atoms with Gasteiger partial charge in [-0.15, -0.1) is 11.3 Å². The van der Waals surface area contributed by atoms with Crippen molar-refractivity contribution in [2.24, 2.45) is 0 Å². The van der Waals surface area contributed by atoms with Crippen LogP contribution in [0.4, 0.5) is 5.69 Å². The molecular formula is C9H8BrNOS. The van der Waals surface area contributed by atoms with Crippen LogP contribution < -0.4 is 5.73 Å². The average molecular weight is 258 g/mol. The van der Waals surface area contributed by atoms with Crippen LogP contribution >= 0.6 is 27.3 Å². The van der Waals surface area contributed by atoms with Crippen LogP contribution in [0.1, 0.15) is 5.56 Å². The number of phenols is 1. The molecule has 0 bridgehead atoms. The van der Waals surface area contributed by atoms with Gasteiger partial charge in [-0.1, -0.05) is 15.9 Å². The molecule has 2 rings (SSSR count). The van der Waals surface area contributed by atoms with Gasteiger partial charge >= 0.3 is 0 Å². The highest BCUT2D eigenvalue weighted by Crippen LogP contribution is 2.37. The van der Waals surface area contributed by atoms with Gasteiger partial charge < -0.3 is 10.8 Å². The number of alkyl halides is 1. The third-order valence-electron chi connectivity index (χ3n) is 2.00. The first-order valence-electron chi connectivity index (χ1n) is 3.77. The van der Waals surface area contributed by atoms with Crippen LogP contribution in [0.15, 0.2) is 17.5 Å². The van der Waals surface area contributed by atoms with E-state index in [1.165, 1.54) is 0 Å². The molecule has 0 fully saturated rings. The van der Waals surface area contributed by atoms with Crippen molar-refractivity contribution in [1.29, 1.82) is 0 Å². The van der Waals surface area contributed by atoms with Crippen LogP contribution in [0.3, 0.4) is 0 Å². The van der Waals surface area contributed by atoms with E-state index in [4.69, 9.17) is 5.73 Å². The second kappa shape index (κ2) is 3.20. The maximum absolute atomic E-state index is 9.72. The van der Waals surface area contributed by atoms with Crippen molar-refractivity contribution in [3.05, 3.63) is 23.1 Å². The van der Waals surface area contributed by atoms with Crippen LogP contribution in [-0.4, -0.2) is 5.11 Å². The van der Waals surface area contributed by atoms with Crippen molar-refractivity contribution in [3.8, 4) is 5.75 Å². The zero-order chi connectivity index (χ0) is 9.42. The smallest absolute Gasteiger partial charge is 0.147 e. The van der Waals surface area contributed by atoms with Gasteiger partial charge in [-0.05, 0) is 23.1 Å². The average Bonchev–Trinajstić information content (AvgIpc) is 2.59. The van der Waals surface area contributed by atoms with E-state index in [1.807, 2.05) is 17.5 Å². The molecule has 0 aliphatic carbocycles. The van der Waals surface area contributed by atoms with Gasteiger partial charge in [0.25, 0.3) is 0 Å². The first-order chi connectivity index (χ1) is 6.24. The highest BCUT2D eigenvalue weighted by atomic mass is 79.9. The summed E-state index contributed by atoms with van der Waals surface area (Å²) in [7, 11) is 0. The summed E-state index contributed by atoms with van der Waals surface area (Å²) in [5.74, 6) is 0.202. The molecule has 0 atom stereocenters. The minimum Gasteiger partial charge on any atom is -0.505 e. The quantitative estimate of drug-likeness (QED) is 0.469. The summed E-state index contributed by atoms with van der Waals surface area (Å²) in [5.41, 5.74) is 7.16. The first-order valence-corrected chi connectivity index (χ1v) is 5.77. The number of anilines is 1. The fourth-order valence-corrected chi connectivity index (χ4v) is 2.59. The zero-order valence-electron chi connectivity index (χ0n) is 6.75. The van der Waals surface area contributed by atoms with Gasteiger partial charge in [0, 0.05) is 15.4 Å². The molecule has 0 saturated heterocycles. The van der Waals surface area contributed by atoms with E-state index < -0.39 is 0 Å². The molecule has 4 heteroatoms. The molecule has 2 nitrogen and oxygen atoms in total. The molecule has 0 saturated carbocycles. The largest absolute Gasteiger partial charge is 0.505 e. The van der Waals surface area contributed by atoms with Crippen LogP contribution in [0, 0.1) is 0 Å². The lowest BCUT2D eigenvalue weighted by molar-refractivity contribution is 0.484. The van der Waals surface area contributed by atoms with E-state index in [1.54, 1.807) is 11.3 Å². The number of hydrogen-bond acceptors (Lipinski definition) is 3. The van der Waals surface area contributed by atoms with Gasteiger partial charge in [-0.3, -0.25) is 0 Å². The molecular weight excluding hydrogens is 250 g/mol. The third-order valence-corrected chi connectivity index (χ3v) is 3.47. The molecule has 0 aliphatic rings. The summed E-state index contributed by atoms with van der Waals surface area (Å²) in [4.78, 5) is 0. The predicted molar refractivity (Wildman–Crippen MR) is 60.5 cm³/mol. The Balaban J connectivity index is 2.83. The fraction of sp³-hybridized carbons (Fsp3) is 0.111. The molecule has 68 valence electrons. The van der Waals surface area contributed by atoms with Crippen LogP contribution in [-0.2, 0) is 5.33 Å². The monoisotopic (exact) mass is 257 g/mol. The van der Waals surface area contributed by atoms with E-state index in [0.29, 0.717) is 11.0 Å². The molecule has 0 spiro atoms. The summed E-state index contributed by atoms with van der Waals surface area (Å²) in [6.45, 7) is 0. The van der Waals surface area contributed by atoms with E-state index >= 15 is 0 Å². The highest BCUT2D eigenvalue weighted by molar-refractivity contribution is 9.08. The van der Waals surface area contributed by atoms with Crippen molar-refractivity contribution in [2.45, 2.75) is 5.33 Å². The van der Waals surface area contributed by atoms with Crippen molar-refractivity contribution in [2.75, 3.05) is 5.73 Å². The van der Waals surface area contributed by atoms with Gasteiger partial charge in [0.05, 0.1) is 5.69 Å². The topological polar surface area (TPSA) is 46.2 Å². The first kappa shape index (κ1) is 8.84. The van der Waals surface area contributed by atoms with Crippen LogP contribution in [0.25, 0.3) is 10.1 Å². The van der Waals surface area contributed by atoms with Gasteiger partial charge in [0.1, 0.15) is 5.75 Å². The fourth-order valence-electron chi connectivity index (χ4n) is 1.27. The number of halogens is 1. The standard InChI is InChI=1S/C9H8BrNOS/c10-4-5-3-7-6(1-2-13-7)9(12)8(5)11/h1-3,12H,4,11H2. The molecule has 0 amide bonds. The normalized spacial score (nSPS) is 10.8. The summed E-state index contributed by atoms with van der Waals surface area (Å²) in [6, 6.07) is 3.88. The summed E-state index contributed by atoms with van der Waals surface area (Å²) < 4.78 is 1.07. The number of phenolic OH excluding ortho intramolecular Hbond substituents is 1. The Hall–Kier alpha value is -0.740. The SMILES string of the molecule is Nc1c(CBr)cc2sccc2c1O. The van der Waals surface area contributed by atoms with E-state index in [2.05, 4.69) is 15.9 Å². The number of hydrogen-bond donors (Lipinski definition) is 2. The van der Waals surface area contributed by atoms with Crippen molar-refractivity contribution < 1.29 is 5.11 Å². The molecule has 0 aliphatic heterocycles. The number of nitrogen functional groups attached to an aromatic ring is 1. The Morgan fingerprint density at radius 2 is 2.31 bits per heavy atom. The van der Waals surface area contributed by atoms with Crippen molar-refractivity contribution >= 4 is 43.0 Å². The molecule has 1 aromatic heterocycles. The summed E-state index contributed by atoms with van der Waals surface area (Å²) in [5, 5.41) is 13.2. The number of nitrogens with two attached hydrogens (primary N) is 1. The molecule has 0 radical (unpaired) electrons. The Bertz CT molecular complexity index is 452. The lowest BCUT2D eigenvalue weighted by Gasteiger charge is -2.05. The lowest BCUT2D eigenvalue weighted by Crippen LogP contribution is -1.91. The van der Waals surface area contributed by atoms with E-state index in [-0.39, 0.29) is 5.75 Å². The predicted octanol–water partition coefficient (Wildman–Crippen LogP) is 3.08. The van der Waals surface area contributed by atoms with Gasteiger partial charge in [-0.25, -0.2) is 0 Å². The minimum atomic E-state index is 0.202. The van der Waals surface area contributed by atoms with Crippen LogP contribution in [0.5, 0.6) is 5.75 Å². The third kappa shape index (κ3) is 1.30. The maximum Gasteiger partial charge on any atom is 0.147 e. The number of thiophene rings is 1. The highest BCUT2D eigenvalue weighted by Gasteiger charge is 2.09. The van der Waals surface area contributed by atoms with Crippen LogP contribution in [0.2, 0.25) is 0 Å². The Kier molecular flexibility index (Phi) is 2.17. The second-order valence-electron chi connectivity index (χ2n) is 2.76. The Morgan fingerprint density at radius 3 is 3.00 bits per heavy atom. The van der Waals surface area contributed by atoms with Gasteiger partial charge in [0.15, 0.2) is 0 Å². The molecule has 13 heavy (non-hydrogen) atoms. The van der Waals surface area contributed by atoms with Crippen molar-refractivity contribution in [3.63, 3.8) is 0 Å². The molecule has 3 N–H and O–H groups in total. The zero-order valence-corrected chi connectivity index (χ0v) is 9.15. The van der Waals surface area contributed by atoms with E-state index in [9.17, 15) is 5.11 Å². The number of benzene rings is 1. The van der Waals surface area contributed by atoms with E-state index in [0.717, 1.165) is 15.6 Å².